The predicted octanol–water partition coefficient (Wildman–Crippen LogP) is 4.75. The van der Waals surface area contributed by atoms with Crippen molar-refractivity contribution in [3.63, 3.8) is 0 Å². The van der Waals surface area contributed by atoms with Crippen LogP contribution in [0.2, 0.25) is 0 Å². The first-order valence-electron chi connectivity index (χ1n) is 10.5. The fourth-order valence-electron chi connectivity index (χ4n) is 5.29. The normalized spacial score (nSPS) is 23.7. The lowest BCUT2D eigenvalue weighted by Crippen LogP contribution is -2.37. The van der Waals surface area contributed by atoms with E-state index in [0.29, 0.717) is 35.5 Å². The van der Waals surface area contributed by atoms with Crippen molar-refractivity contribution in [3.05, 3.63) is 70.4 Å². The lowest BCUT2D eigenvalue weighted by molar-refractivity contribution is -0.118. The van der Waals surface area contributed by atoms with Crippen LogP contribution in [0.25, 0.3) is 0 Å². The molecular weight excluding hydrogens is 390 g/mol. The smallest absolute Gasteiger partial charge is 0.173 e. The molecule has 0 bridgehead atoms. The number of hydrogen-bond donors (Lipinski definition) is 0. The van der Waals surface area contributed by atoms with Crippen LogP contribution in [0.15, 0.2) is 58.7 Å². The van der Waals surface area contributed by atoms with Crippen molar-refractivity contribution >= 4 is 17.3 Å². The van der Waals surface area contributed by atoms with Crippen LogP contribution in [0.3, 0.4) is 0 Å². The highest BCUT2D eigenvalue weighted by Gasteiger charge is 2.50. The number of rotatable bonds is 3. The van der Waals surface area contributed by atoms with E-state index in [9.17, 15) is 9.59 Å². The highest BCUT2D eigenvalue weighted by molar-refractivity contribution is 6.30. The van der Waals surface area contributed by atoms with E-state index in [-0.39, 0.29) is 22.9 Å². The maximum absolute atomic E-state index is 13.5. The average molecular weight is 415 g/mol. The molecule has 5 rings (SSSR count). The molecule has 2 aromatic carbocycles. The number of hydrogen-bond acceptors (Lipinski definition) is 5. The number of Topliss-reactive ketones (excluding diaryl/α,β-unsaturated/α-hetero) is 2. The van der Waals surface area contributed by atoms with E-state index in [2.05, 4.69) is 13.8 Å². The molecule has 3 aliphatic rings. The van der Waals surface area contributed by atoms with Gasteiger partial charge >= 0.3 is 0 Å². The molecule has 1 aliphatic heterocycles. The zero-order chi connectivity index (χ0) is 21.9. The van der Waals surface area contributed by atoms with Crippen molar-refractivity contribution in [1.82, 2.24) is 0 Å². The number of ketones is 2. The summed E-state index contributed by atoms with van der Waals surface area (Å²) in [6.45, 7) is 4.19. The van der Waals surface area contributed by atoms with Crippen molar-refractivity contribution in [2.75, 3.05) is 14.2 Å². The summed E-state index contributed by atoms with van der Waals surface area (Å²) < 4.78 is 10.9. The molecule has 1 heterocycles. The van der Waals surface area contributed by atoms with Crippen LogP contribution in [0, 0.1) is 11.3 Å². The number of benzene rings is 2. The summed E-state index contributed by atoms with van der Waals surface area (Å²) in [7, 11) is 3.18. The minimum Gasteiger partial charge on any atom is -0.493 e. The Morgan fingerprint density at radius 1 is 0.903 bits per heavy atom. The first-order chi connectivity index (χ1) is 14.8. The molecule has 0 radical (unpaired) electrons. The van der Waals surface area contributed by atoms with Gasteiger partial charge in [0.15, 0.2) is 23.1 Å². The Kier molecular flexibility index (Phi) is 4.40. The maximum atomic E-state index is 13.5. The second kappa shape index (κ2) is 6.91. The summed E-state index contributed by atoms with van der Waals surface area (Å²) in [6.07, 6.45) is 1.17. The first-order valence-corrected chi connectivity index (χ1v) is 10.5. The quantitative estimate of drug-likeness (QED) is 0.726. The van der Waals surface area contributed by atoms with Gasteiger partial charge in [0.2, 0.25) is 0 Å². The number of methoxy groups -OCH3 is 2. The van der Waals surface area contributed by atoms with Gasteiger partial charge < -0.3 is 9.47 Å². The fourth-order valence-corrected chi connectivity index (χ4v) is 5.29. The monoisotopic (exact) mass is 415 g/mol. The summed E-state index contributed by atoms with van der Waals surface area (Å²) in [4.78, 5) is 31.9. The van der Waals surface area contributed by atoms with Gasteiger partial charge in [0.1, 0.15) is 0 Å². The molecule has 2 aliphatic carbocycles. The molecule has 0 N–H and O–H groups in total. The van der Waals surface area contributed by atoms with E-state index in [1.807, 2.05) is 42.5 Å². The largest absolute Gasteiger partial charge is 0.493 e. The van der Waals surface area contributed by atoms with E-state index in [0.717, 1.165) is 22.5 Å². The SMILES string of the molecule is COc1ccc([C@H]2C3=C(CC(C)(C)CC3=O)N=C3c4ccccc4C(=O)[C@H]32)cc1OC. The Morgan fingerprint density at radius 2 is 1.61 bits per heavy atom. The van der Waals surface area contributed by atoms with Gasteiger partial charge in [-0.3, -0.25) is 14.6 Å². The van der Waals surface area contributed by atoms with E-state index in [1.165, 1.54) is 0 Å². The Hall–Kier alpha value is -3.21. The zero-order valence-electron chi connectivity index (χ0n) is 18.2. The predicted molar refractivity (Wildman–Crippen MR) is 118 cm³/mol. The van der Waals surface area contributed by atoms with Crippen LogP contribution in [-0.2, 0) is 4.79 Å². The minimum atomic E-state index is -0.501. The van der Waals surface area contributed by atoms with Crippen molar-refractivity contribution < 1.29 is 19.1 Å². The van der Waals surface area contributed by atoms with Gasteiger partial charge in [-0.2, -0.15) is 0 Å². The van der Waals surface area contributed by atoms with Gasteiger partial charge in [0.05, 0.1) is 25.8 Å². The lowest BCUT2D eigenvalue weighted by atomic mass is 9.66. The summed E-state index contributed by atoms with van der Waals surface area (Å²) >= 11 is 0. The molecule has 0 fully saturated rings. The van der Waals surface area contributed by atoms with Crippen molar-refractivity contribution in [1.29, 1.82) is 0 Å². The van der Waals surface area contributed by atoms with Crippen LogP contribution >= 0.6 is 0 Å². The number of allylic oxidation sites excluding steroid dienone is 2. The summed E-state index contributed by atoms with van der Waals surface area (Å²) in [5, 5.41) is 0. The molecule has 0 saturated carbocycles. The van der Waals surface area contributed by atoms with Crippen LogP contribution in [-0.4, -0.2) is 31.5 Å². The third-order valence-electron chi connectivity index (χ3n) is 6.61. The first kappa shape index (κ1) is 19.7. The average Bonchev–Trinajstić information content (AvgIpc) is 3.03. The second-order valence-electron chi connectivity index (χ2n) is 9.28. The Labute approximate surface area is 181 Å². The van der Waals surface area contributed by atoms with Crippen molar-refractivity contribution in [2.24, 2.45) is 16.3 Å². The van der Waals surface area contributed by atoms with Crippen molar-refractivity contribution in [3.8, 4) is 11.5 Å². The standard InChI is InChI=1S/C26H25NO4/c1-26(2)12-17-22(18(28)13-26)21(14-9-10-19(30-3)20(11-14)31-4)23-24(27-17)15-7-5-6-8-16(15)25(23)29/h5-11,21,23H,12-13H2,1-4H3/t21-,23-/m0/s1. The molecular formula is C26H25NO4. The molecule has 0 aromatic heterocycles. The molecule has 2 aromatic rings. The second-order valence-corrected chi connectivity index (χ2v) is 9.28. The number of carbonyl (C=O) groups excluding carboxylic acids is 2. The van der Waals surface area contributed by atoms with Gasteiger partial charge in [0.25, 0.3) is 0 Å². The van der Waals surface area contributed by atoms with Gasteiger partial charge in [-0.1, -0.05) is 44.2 Å². The number of carbonyl (C=O) groups is 2. The molecule has 0 spiro atoms. The van der Waals surface area contributed by atoms with E-state index in [1.54, 1.807) is 14.2 Å². The Bertz CT molecular complexity index is 1190. The van der Waals surface area contributed by atoms with Gasteiger partial charge in [-0.15, -0.1) is 0 Å². The Morgan fingerprint density at radius 3 is 2.32 bits per heavy atom. The van der Waals surface area contributed by atoms with Crippen molar-refractivity contribution in [2.45, 2.75) is 32.6 Å². The molecule has 2 atom stereocenters. The summed E-state index contributed by atoms with van der Waals surface area (Å²) in [5.74, 6) is 0.418. The summed E-state index contributed by atoms with van der Waals surface area (Å²) in [6, 6.07) is 13.3. The summed E-state index contributed by atoms with van der Waals surface area (Å²) in [5.41, 5.74) is 4.56. The zero-order valence-corrected chi connectivity index (χ0v) is 18.2. The molecule has 0 saturated heterocycles. The molecule has 0 unspecified atom stereocenters. The number of aliphatic imine (C=N–C) groups is 1. The van der Waals surface area contributed by atoms with E-state index < -0.39 is 5.92 Å². The minimum absolute atomic E-state index is 0.0262. The third kappa shape index (κ3) is 2.94. The molecule has 0 amide bonds. The number of fused-ring (bicyclic) bond motifs is 3. The Balaban J connectivity index is 1.75. The highest BCUT2D eigenvalue weighted by Crippen LogP contribution is 2.51. The molecule has 31 heavy (non-hydrogen) atoms. The maximum Gasteiger partial charge on any atom is 0.173 e. The number of ether oxygens (including phenoxy) is 2. The van der Waals surface area contributed by atoms with E-state index >= 15 is 0 Å². The van der Waals surface area contributed by atoms with E-state index in [4.69, 9.17) is 14.5 Å². The van der Waals surface area contributed by atoms with Crippen LogP contribution in [0.4, 0.5) is 0 Å². The third-order valence-corrected chi connectivity index (χ3v) is 6.61. The van der Waals surface area contributed by atoms with Crippen LogP contribution in [0.1, 0.15) is 54.1 Å². The topological polar surface area (TPSA) is 65.0 Å². The lowest BCUT2D eigenvalue weighted by Gasteiger charge is -2.38. The van der Waals surface area contributed by atoms with Crippen LogP contribution < -0.4 is 9.47 Å². The fraction of sp³-hybridized carbons (Fsp3) is 0.346. The molecule has 158 valence electrons. The highest BCUT2D eigenvalue weighted by atomic mass is 16.5. The van der Waals surface area contributed by atoms with Gasteiger partial charge in [-0.25, -0.2) is 0 Å². The van der Waals surface area contributed by atoms with Gasteiger partial charge in [-0.05, 0) is 29.5 Å². The molecule has 5 nitrogen and oxygen atoms in total. The molecule has 5 heteroatoms. The van der Waals surface area contributed by atoms with Gasteiger partial charge in [0, 0.05) is 34.7 Å². The van der Waals surface area contributed by atoms with Crippen LogP contribution in [0.5, 0.6) is 11.5 Å². The number of nitrogens with zero attached hydrogens (tertiary/aromatic N) is 1.